The number of rotatable bonds is 9. The van der Waals surface area contributed by atoms with Gasteiger partial charge in [-0.2, -0.15) is 0 Å². The Bertz CT molecular complexity index is 1450. The maximum absolute atomic E-state index is 13.7. The molecule has 0 radical (unpaired) electrons. The standard InChI is InChI=1S/C36H39ClN2O2S/c37-33-10-5-4-9-30(33)24-39-34-22-29(12-13-31(34)32-25-42-20-16-28(32)23-36(39)41)35(40)11-6-17-38-18-14-27(15-19-38)21-26-7-2-1-3-8-26/h1-5,7-10,12-13,22,25,27-28H,6,11,14-21,23-24H2/t28-/m0/s1. The number of benzene rings is 3. The minimum Gasteiger partial charge on any atom is -0.307 e. The summed E-state index contributed by atoms with van der Waals surface area (Å²) in [5.74, 6) is 2.24. The first-order chi connectivity index (χ1) is 20.5. The van der Waals surface area contributed by atoms with Crippen LogP contribution < -0.4 is 4.90 Å². The lowest BCUT2D eigenvalue weighted by Crippen LogP contribution is -2.35. The highest BCUT2D eigenvalue weighted by Crippen LogP contribution is 2.44. The van der Waals surface area contributed by atoms with Gasteiger partial charge in [-0.15, -0.1) is 11.8 Å². The molecule has 0 spiro atoms. The minimum absolute atomic E-state index is 0.0942. The van der Waals surface area contributed by atoms with Crippen molar-refractivity contribution >= 4 is 46.3 Å². The van der Waals surface area contributed by atoms with Crippen LogP contribution in [0, 0.1) is 11.8 Å². The van der Waals surface area contributed by atoms with E-state index in [1.807, 2.05) is 53.1 Å². The molecule has 4 nitrogen and oxygen atoms in total. The highest BCUT2D eigenvalue weighted by atomic mass is 35.5. The van der Waals surface area contributed by atoms with Crippen molar-refractivity contribution in [1.29, 1.82) is 0 Å². The molecular formula is C36H39ClN2O2S. The number of nitrogens with zero attached hydrogens (tertiary/aromatic N) is 2. The Hall–Kier alpha value is -2.86. The van der Waals surface area contributed by atoms with Gasteiger partial charge in [0.1, 0.15) is 0 Å². The average molecular weight is 599 g/mol. The molecule has 3 aliphatic rings. The van der Waals surface area contributed by atoms with Crippen molar-refractivity contribution in [3.63, 3.8) is 0 Å². The van der Waals surface area contributed by atoms with Crippen LogP contribution >= 0.6 is 23.4 Å². The van der Waals surface area contributed by atoms with Crippen molar-refractivity contribution in [1.82, 2.24) is 4.90 Å². The molecule has 0 unspecified atom stereocenters. The van der Waals surface area contributed by atoms with E-state index in [4.69, 9.17) is 11.6 Å². The summed E-state index contributed by atoms with van der Waals surface area (Å²) in [7, 11) is 0. The minimum atomic E-state index is 0.0942. The number of hydrogen-bond acceptors (Lipinski definition) is 4. The molecule has 0 saturated carbocycles. The molecule has 0 aromatic heterocycles. The van der Waals surface area contributed by atoms with Gasteiger partial charge in [-0.3, -0.25) is 9.59 Å². The zero-order chi connectivity index (χ0) is 28.9. The van der Waals surface area contributed by atoms with E-state index in [0.29, 0.717) is 30.0 Å². The summed E-state index contributed by atoms with van der Waals surface area (Å²) < 4.78 is 0. The molecule has 1 amide bonds. The summed E-state index contributed by atoms with van der Waals surface area (Å²) in [5.41, 5.74) is 6.17. The van der Waals surface area contributed by atoms with E-state index in [1.54, 1.807) is 0 Å². The molecule has 0 N–H and O–H groups in total. The number of likely N-dealkylation sites (tertiary alicyclic amines) is 1. The first-order valence-electron chi connectivity index (χ1n) is 15.3. The van der Waals surface area contributed by atoms with Crippen molar-refractivity contribution in [2.45, 2.75) is 51.5 Å². The SMILES string of the molecule is O=C(CCCN1CCC(Cc2ccccc2)CC1)c1ccc2c(c1)N(Cc1ccccc1Cl)C(=O)C[C@@H]1CCSC=C21. The van der Waals surface area contributed by atoms with Gasteiger partial charge in [0.05, 0.1) is 12.2 Å². The quantitative estimate of drug-likeness (QED) is 0.232. The number of allylic oxidation sites excluding steroid dienone is 1. The molecule has 42 heavy (non-hydrogen) atoms. The first kappa shape index (κ1) is 29.2. The van der Waals surface area contributed by atoms with Crippen molar-refractivity contribution in [3.8, 4) is 0 Å². The van der Waals surface area contributed by atoms with Crippen LogP contribution in [-0.2, 0) is 17.8 Å². The molecule has 6 rings (SSSR count). The van der Waals surface area contributed by atoms with E-state index >= 15 is 0 Å². The van der Waals surface area contributed by atoms with Crippen LogP contribution in [0.3, 0.4) is 0 Å². The van der Waals surface area contributed by atoms with E-state index in [2.05, 4.69) is 46.7 Å². The fourth-order valence-corrected chi connectivity index (χ4v) is 7.91. The Labute approximate surface area is 259 Å². The second-order valence-electron chi connectivity index (χ2n) is 11.9. The number of amides is 1. The Morgan fingerprint density at radius 1 is 0.952 bits per heavy atom. The molecular weight excluding hydrogens is 560 g/mol. The highest BCUT2D eigenvalue weighted by molar-refractivity contribution is 8.02. The summed E-state index contributed by atoms with van der Waals surface area (Å²) in [6.45, 7) is 3.57. The highest BCUT2D eigenvalue weighted by Gasteiger charge is 2.33. The maximum atomic E-state index is 13.7. The van der Waals surface area contributed by atoms with Crippen molar-refractivity contribution in [3.05, 3.63) is 105 Å². The Balaban J connectivity index is 1.12. The van der Waals surface area contributed by atoms with Crippen LogP contribution in [-0.4, -0.2) is 42.0 Å². The van der Waals surface area contributed by atoms with E-state index < -0.39 is 0 Å². The van der Waals surface area contributed by atoms with Gasteiger partial charge in [0.2, 0.25) is 5.91 Å². The predicted molar refractivity (Wildman–Crippen MR) is 175 cm³/mol. The number of carbonyl (C=O) groups is 2. The summed E-state index contributed by atoms with van der Waals surface area (Å²) in [4.78, 5) is 31.5. The van der Waals surface area contributed by atoms with Crippen molar-refractivity contribution < 1.29 is 9.59 Å². The van der Waals surface area contributed by atoms with Crippen LogP contribution in [0.5, 0.6) is 0 Å². The van der Waals surface area contributed by atoms with E-state index in [1.165, 1.54) is 24.0 Å². The maximum Gasteiger partial charge on any atom is 0.227 e. The van der Waals surface area contributed by atoms with Crippen molar-refractivity contribution in [2.75, 3.05) is 30.3 Å². The van der Waals surface area contributed by atoms with E-state index in [0.717, 1.165) is 67.4 Å². The molecule has 1 fully saturated rings. The number of halogens is 1. The van der Waals surface area contributed by atoms with Gasteiger partial charge in [0.25, 0.3) is 0 Å². The normalized spacial score (nSPS) is 19.5. The largest absolute Gasteiger partial charge is 0.307 e. The molecule has 1 atom stereocenters. The molecule has 3 aromatic carbocycles. The molecule has 3 aromatic rings. The number of anilines is 1. The third-order valence-electron chi connectivity index (χ3n) is 9.12. The summed E-state index contributed by atoms with van der Waals surface area (Å²) in [6, 6.07) is 24.5. The fraction of sp³-hybridized carbons (Fsp3) is 0.389. The van der Waals surface area contributed by atoms with Gasteiger partial charge in [0, 0.05) is 29.0 Å². The number of carbonyl (C=O) groups excluding carboxylic acids is 2. The molecule has 0 bridgehead atoms. The number of fused-ring (bicyclic) bond motifs is 3. The number of ketones is 1. The second-order valence-corrected chi connectivity index (χ2v) is 13.3. The molecule has 3 heterocycles. The van der Waals surface area contributed by atoms with Gasteiger partial charge < -0.3 is 9.80 Å². The average Bonchev–Trinajstić information content (AvgIpc) is 3.13. The zero-order valence-corrected chi connectivity index (χ0v) is 25.7. The topological polar surface area (TPSA) is 40.6 Å². The Morgan fingerprint density at radius 2 is 1.74 bits per heavy atom. The number of Topliss-reactive ketones (excluding diaryl/α,β-unsaturated/α-hetero) is 1. The Morgan fingerprint density at radius 3 is 2.55 bits per heavy atom. The van der Waals surface area contributed by atoms with Gasteiger partial charge >= 0.3 is 0 Å². The van der Waals surface area contributed by atoms with Crippen LogP contribution in [0.15, 0.2) is 78.2 Å². The molecule has 0 aliphatic carbocycles. The van der Waals surface area contributed by atoms with Gasteiger partial charge in [0.15, 0.2) is 5.78 Å². The fourth-order valence-electron chi connectivity index (χ4n) is 6.67. The van der Waals surface area contributed by atoms with Gasteiger partial charge in [-0.25, -0.2) is 0 Å². The van der Waals surface area contributed by atoms with Crippen molar-refractivity contribution in [2.24, 2.45) is 11.8 Å². The lowest BCUT2D eigenvalue weighted by Gasteiger charge is -2.32. The zero-order valence-electron chi connectivity index (χ0n) is 24.1. The lowest BCUT2D eigenvalue weighted by molar-refractivity contribution is -0.119. The third-order valence-corrected chi connectivity index (χ3v) is 10.4. The van der Waals surface area contributed by atoms with Crippen LogP contribution in [0.1, 0.15) is 65.6 Å². The number of piperidine rings is 1. The van der Waals surface area contributed by atoms with E-state index in [-0.39, 0.29) is 17.6 Å². The summed E-state index contributed by atoms with van der Waals surface area (Å²) >= 11 is 8.33. The molecule has 1 saturated heterocycles. The molecule has 6 heteroatoms. The summed E-state index contributed by atoms with van der Waals surface area (Å²) in [6.07, 6.45) is 6.45. The first-order valence-corrected chi connectivity index (χ1v) is 16.8. The van der Waals surface area contributed by atoms with Crippen LogP contribution in [0.4, 0.5) is 5.69 Å². The third kappa shape index (κ3) is 6.85. The van der Waals surface area contributed by atoms with Crippen LogP contribution in [0.25, 0.3) is 5.57 Å². The van der Waals surface area contributed by atoms with E-state index in [9.17, 15) is 9.59 Å². The summed E-state index contributed by atoms with van der Waals surface area (Å²) in [5, 5.41) is 2.88. The second kappa shape index (κ2) is 13.6. The number of thioether (sulfide) groups is 1. The molecule has 3 aliphatic heterocycles. The Kier molecular flexibility index (Phi) is 9.48. The van der Waals surface area contributed by atoms with Gasteiger partial charge in [-0.05, 0) is 104 Å². The predicted octanol–water partition coefficient (Wildman–Crippen LogP) is 8.29. The lowest BCUT2D eigenvalue weighted by atomic mass is 9.88. The smallest absolute Gasteiger partial charge is 0.227 e. The van der Waals surface area contributed by atoms with Gasteiger partial charge in [-0.1, -0.05) is 72.3 Å². The monoisotopic (exact) mass is 598 g/mol. The van der Waals surface area contributed by atoms with Crippen LogP contribution in [0.2, 0.25) is 5.02 Å². The molecule has 218 valence electrons. The number of hydrogen-bond donors (Lipinski definition) is 0.